The molecule has 5 nitrogen and oxygen atoms in total. The van der Waals surface area contributed by atoms with E-state index in [0.29, 0.717) is 29.5 Å². The maximum absolute atomic E-state index is 12.1. The minimum absolute atomic E-state index is 0.0667. The molecule has 3 rings (SSSR count). The lowest BCUT2D eigenvalue weighted by Crippen LogP contribution is -2.30. The van der Waals surface area contributed by atoms with Gasteiger partial charge in [0, 0.05) is 6.54 Å². The molecule has 2 aromatic rings. The number of carbonyl (C=O) groups is 1. The van der Waals surface area contributed by atoms with Crippen LogP contribution in [-0.2, 0) is 9.84 Å². The standard InChI is InChI=1S/C16H14ClNO4S/c17-12-6-1-3-8-14(12)22-11-5-10-18-13-7-2-4-9-15(13)23(20,21)16(18)19/h1-4,6-9H,5,10-11H2. The summed E-state index contributed by atoms with van der Waals surface area (Å²) in [6, 6.07) is 13.5. The van der Waals surface area contributed by atoms with Crippen molar-refractivity contribution >= 4 is 32.4 Å². The fraction of sp³-hybridized carbons (Fsp3) is 0.188. The second kappa shape index (κ2) is 6.22. The van der Waals surface area contributed by atoms with Gasteiger partial charge in [-0.2, -0.15) is 0 Å². The number of hydrogen-bond acceptors (Lipinski definition) is 4. The van der Waals surface area contributed by atoms with Crippen LogP contribution in [0.25, 0.3) is 0 Å². The summed E-state index contributed by atoms with van der Waals surface area (Å²) >= 11 is 5.99. The van der Waals surface area contributed by atoms with Crippen LogP contribution < -0.4 is 9.64 Å². The Balaban J connectivity index is 1.65. The van der Waals surface area contributed by atoms with Gasteiger partial charge in [0.05, 0.1) is 17.3 Å². The molecule has 1 aliphatic rings. The number of para-hydroxylation sites is 2. The van der Waals surface area contributed by atoms with Gasteiger partial charge in [0.1, 0.15) is 10.6 Å². The third-order valence-electron chi connectivity index (χ3n) is 3.52. The lowest BCUT2D eigenvalue weighted by Gasteiger charge is -2.16. The summed E-state index contributed by atoms with van der Waals surface area (Å²) < 4.78 is 29.7. The average molecular weight is 352 g/mol. The smallest absolute Gasteiger partial charge is 0.348 e. The van der Waals surface area contributed by atoms with Crippen molar-refractivity contribution < 1.29 is 17.9 Å². The Morgan fingerprint density at radius 3 is 2.52 bits per heavy atom. The lowest BCUT2D eigenvalue weighted by atomic mass is 10.3. The number of sulfone groups is 1. The van der Waals surface area contributed by atoms with Crippen LogP contribution in [0.15, 0.2) is 53.4 Å². The molecule has 7 heteroatoms. The van der Waals surface area contributed by atoms with Gasteiger partial charge in [-0.05, 0) is 30.7 Å². The molecule has 0 N–H and O–H groups in total. The van der Waals surface area contributed by atoms with Crippen LogP contribution in [0.3, 0.4) is 0 Å². The molecule has 0 bridgehead atoms. The maximum Gasteiger partial charge on any atom is 0.348 e. The summed E-state index contributed by atoms with van der Waals surface area (Å²) in [4.78, 5) is 13.4. The second-order valence-electron chi connectivity index (χ2n) is 5.02. The van der Waals surface area contributed by atoms with E-state index in [9.17, 15) is 13.2 Å². The van der Waals surface area contributed by atoms with Crippen LogP contribution in [0.2, 0.25) is 5.02 Å². The van der Waals surface area contributed by atoms with Crippen LogP contribution in [0.5, 0.6) is 5.75 Å². The monoisotopic (exact) mass is 351 g/mol. The zero-order valence-electron chi connectivity index (χ0n) is 12.1. The molecule has 0 radical (unpaired) electrons. The van der Waals surface area contributed by atoms with Gasteiger partial charge in [-0.15, -0.1) is 0 Å². The van der Waals surface area contributed by atoms with Crippen molar-refractivity contribution in [2.45, 2.75) is 11.3 Å². The molecule has 0 spiro atoms. The molecule has 1 aliphatic heterocycles. The van der Waals surface area contributed by atoms with Crippen LogP contribution >= 0.6 is 11.6 Å². The van der Waals surface area contributed by atoms with Gasteiger partial charge in [-0.1, -0.05) is 35.9 Å². The highest BCUT2D eigenvalue weighted by Crippen LogP contribution is 2.35. The Labute approximate surface area is 139 Å². The topological polar surface area (TPSA) is 63.7 Å². The van der Waals surface area contributed by atoms with E-state index in [1.807, 2.05) is 6.07 Å². The number of amides is 1. The number of rotatable bonds is 5. The summed E-state index contributed by atoms with van der Waals surface area (Å²) in [5.74, 6) is 0.565. The molecule has 120 valence electrons. The predicted octanol–water partition coefficient (Wildman–Crippen LogP) is 3.52. The molecule has 0 saturated carbocycles. The molecule has 0 saturated heterocycles. The fourth-order valence-corrected chi connectivity index (χ4v) is 3.99. The van der Waals surface area contributed by atoms with E-state index in [0.717, 1.165) is 0 Å². The summed E-state index contributed by atoms with van der Waals surface area (Å²) in [6.45, 7) is 0.593. The minimum atomic E-state index is -3.90. The first-order chi connectivity index (χ1) is 11.0. The highest BCUT2D eigenvalue weighted by molar-refractivity contribution is 8.07. The van der Waals surface area contributed by atoms with Crippen molar-refractivity contribution in [1.29, 1.82) is 0 Å². The first-order valence-corrected chi connectivity index (χ1v) is 8.91. The first-order valence-electron chi connectivity index (χ1n) is 7.05. The quantitative estimate of drug-likeness (QED) is 0.773. The Hall–Kier alpha value is -2.05. The Kier molecular flexibility index (Phi) is 4.28. The highest BCUT2D eigenvalue weighted by atomic mass is 35.5. The van der Waals surface area contributed by atoms with Gasteiger partial charge in [0.2, 0.25) is 0 Å². The van der Waals surface area contributed by atoms with Crippen molar-refractivity contribution in [3.8, 4) is 5.75 Å². The number of halogens is 1. The molecule has 1 heterocycles. The van der Waals surface area contributed by atoms with E-state index in [4.69, 9.17) is 16.3 Å². The van der Waals surface area contributed by atoms with E-state index < -0.39 is 15.1 Å². The Bertz CT molecular complexity index is 851. The summed E-state index contributed by atoms with van der Waals surface area (Å²) in [5, 5.41) is -0.367. The Morgan fingerprint density at radius 1 is 1.04 bits per heavy atom. The number of carbonyl (C=O) groups excluding carboxylic acids is 1. The number of nitrogens with zero attached hydrogens (tertiary/aromatic N) is 1. The lowest BCUT2D eigenvalue weighted by molar-refractivity contribution is 0.262. The molecule has 0 aliphatic carbocycles. The number of hydrogen-bond donors (Lipinski definition) is 0. The molecule has 0 unspecified atom stereocenters. The molecular weight excluding hydrogens is 338 g/mol. The highest BCUT2D eigenvalue weighted by Gasteiger charge is 2.41. The van der Waals surface area contributed by atoms with Crippen molar-refractivity contribution in [2.24, 2.45) is 0 Å². The van der Waals surface area contributed by atoms with Gasteiger partial charge in [-0.3, -0.25) is 9.69 Å². The molecule has 23 heavy (non-hydrogen) atoms. The molecule has 1 amide bonds. The zero-order valence-corrected chi connectivity index (χ0v) is 13.7. The van der Waals surface area contributed by atoms with Crippen LogP contribution in [-0.4, -0.2) is 26.8 Å². The average Bonchev–Trinajstić information content (AvgIpc) is 2.74. The first kappa shape index (κ1) is 15.8. The summed E-state index contributed by atoms with van der Waals surface area (Å²) in [7, 11) is -3.90. The largest absolute Gasteiger partial charge is 0.492 e. The fourth-order valence-electron chi connectivity index (χ4n) is 2.42. The van der Waals surface area contributed by atoms with Gasteiger partial charge < -0.3 is 4.74 Å². The third-order valence-corrected chi connectivity index (χ3v) is 5.43. The molecule has 0 atom stereocenters. The normalized spacial score (nSPS) is 15.5. The van der Waals surface area contributed by atoms with Gasteiger partial charge in [0.25, 0.3) is 9.84 Å². The van der Waals surface area contributed by atoms with Gasteiger partial charge in [-0.25, -0.2) is 8.42 Å². The van der Waals surface area contributed by atoms with Crippen LogP contribution in [0.4, 0.5) is 10.5 Å². The molecular formula is C16H14ClNO4S. The molecule has 0 fully saturated rings. The van der Waals surface area contributed by atoms with Crippen molar-refractivity contribution in [3.63, 3.8) is 0 Å². The van der Waals surface area contributed by atoms with E-state index in [1.165, 1.54) is 11.0 Å². The Morgan fingerprint density at radius 2 is 1.74 bits per heavy atom. The molecule has 0 aromatic heterocycles. The minimum Gasteiger partial charge on any atom is -0.492 e. The summed E-state index contributed by atoms with van der Waals surface area (Å²) in [6.07, 6.45) is 0.487. The van der Waals surface area contributed by atoms with Gasteiger partial charge >= 0.3 is 5.24 Å². The van der Waals surface area contributed by atoms with Gasteiger partial charge in [0.15, 0.2) is 0 Å². The van der Waals surface area contributed by atoms with Crippen molar-refractivity contribution in [1.82, 2.24) is 0 Å². The summed E-state index contributed by atoms with van der Waals surface area (Å²) in [5.41, 5.74) is 0.426. The zero-order chi connectivity index (χ0) is 16.4. The van der Waals surface area contributed by atoms with Crippen LogP contribution in [0, 0.1) is 0 Å². The maximum atomic E-state index is 12.1. The number of anilines is 1. The van der Waals surface area contributed by atoms with Crippen LogP contribution in [0.1, 0.15) is 6.42 Å². The SMILES string of the molecule is O=C1N(CCCOc2ccccc2Cl)c2ccccc2S1(=O)=O. The van der Waals surface area contributed by atoms with Crippen molar-refractivity contribution in [3.05, 3.63) is 53.6 Å². The van der Waals surface area contributed by atoms with E-state index in [2.05, 4.69) is 0 Å². The number of fused-ring (bicyclic) bond motifs is 1. The third kappa shape index (κ3) is 2.92. The van der Waals surface area contributed by atoms with Crippen molar-refractivity contribution in [2.75, 3.05) is 18.1 Å². The number of benzene rings is 2. The number of ether oxygens (including phenoxy) is 1. The van der Waals surface area contributed by atoms with E-state index in [-0.39, 0.29) is 11.4 Å². The second-order valence-corrected chi connectivity index (χ2v) is 7.22. The predicted molar refractivity (Wildman–Crippen MR) is 87.9 cm³/mol. The van der Waals surface area contributed by atoms with E-state index >= 15 is 0 Å². The van der Waals surface area contributed by atoms with E-state index in [1.54, 1.807) is 36.4 Å². The molecule has 2 aromatic carbocycles.